The number of nitrogens with zero attached hydrogens (tertiary/aromatic N) is 2. The molecule has 0 bridgehead atoms. The molecule has 0 radical (unpaired) electrons. The molecule has 1 aliphatic rings. The van der Waals surface area contributed by atoms with Crippen molar-refractivity contribution in [1.82, 2.24) is 9.88 Å². The van der Waals surface area contributed by atoms with E-state index in [-0.39, 0.29) is 5.91 Å². The van der Waals surface area contributed by atoms with E-state index in [1.807, 2.05) is 47.4 Å². The van der Waals surface area contributed by atoms with Crippen LogP contribution in [-0.4, -0.2) is 28.9 Å². The maximum absolute atomic E-state index is 12.4. The number of aryl methyl sites for hydroxylation is 1. The van der Waals surface area contributed by atoms with Crippen molar-refractivity contribution in [2.24, 2.45) is 0 Å². The Balaban J connectivity index is 1.32. The number of hydrogen-bond acceptors (Lipinski definition) is 3. The first kappa shape index (κ1) is 15.9. The summed E-state index contributed by atoms with van der Waals surface area (Å²) < 4.78 is 5.89. The highest BCUT2D eigenvalue weighted by Gasteiger charge is 2.26. The van der Waals surface area contributed by atoms with Crippen molar-refractivity contribution in [3.63, 3.8) is 0 Å². The van der Waals surface area contributed by atoms with Crippen LogP contribution in [-0.2, 0) is 11.2 Å². The number of carbonyl (C=O) groups excluding carboxylic acids is 1. The highest BCUT2D eigenvalue weighted by Crippen LogP contribution is 2.30. The van der Waals surface area contributed by atoms with E-state index in [0.717, 1.165) is 49.3 Å². The van der Waals surface area contributed by atoms with E-state index in [1.54, 1.807) is 0 Å². The second kappa shape index (κ2) is 7.09. The number of carbonyl (C=O) groups is 1. The standard InChI is InChI=1S/C21H22N2O2/c24-20(11-10-16-6-2-1-3-7-16)23-14-12-17(13-15-23)21-22-18-8-4-5-9-19(18)25-21/h1-9,17H,10-15H2. The van der Waals surface area contributed by atoms with Crippen molar-refractivity contribution in [3.05, 3.63) is 66.1 Å². The second-order valence-electron chi connectivity index (χ2n) is 6.66. The van der Waals surface area contributed by atoms with Crippen molar-refractivity contribution in [2.45, 2.75) is 31.6 Å². The van der Waals surface area contributed by atoms with E-state index in [2.05, 4.69) is 17.1 Å². The Morgan fingerprint density at radius 1 is 1.04 bits per heavy atom. The normalized spacial score (nSPS) is 15.6. The Labute approximate surface area is 147 Å². The Hall–Kier alpha value is -2.62. The van der Waals surface area contributed by atoms with E-state index in [0.29, 0.717) is 12.3 Å². The van der Waals surface area contributed by atoms with Gasteiger partial charge in [0.05, 0.1) is 0 Å². The minimum absolute atomic E-state index is 0.250. The number of benzene rings is 2. The predicted molar refractivity (Wildman–Crippen MR) is 97.3 cm³/mol. The first-order chi connectivity index (χ1) is 12.3. The molecular formula is C21H22N2O2. The van der Waals surface area contributed by atoms with Crippen LogP contribution >= 0.6 is 0 Å². The molecule has 0 aliphatic carbocycles. The highest BCUT2D eigenvalue weighted by atomic mass is 16.3. The number of amides is 1. The Morgan fingerprint density at radius 2 is 1.76 bits per heavy atom. The number of oxazole rings is 1. The number of rotatable bonds is 4. The van der Waals surface area contributed by atoms with Crippen molar-refractivity contribution < 1.29 is 9.21 Å². The van der Waals surface area contributed by atoms with Crippen molar-refractivity contribution in [2.75, 3.05) is 13.1 Å². The Morgan fingerprint density at radius 3 is 2.52 bits per heavy atom. The first-order valence-corrected chi connectivity index (χ1v) is 8.97. The summed E-state index contributed by atoms with van der Waals surface area (Å²) in [5, 5.41) is 0. The molecule has 0 unspecified atom stereocenters. The number of piperidine rings is 1. The maximum Gasteiger partial charge on any atom is 0.222 e. The zero-order chi connectivity index (χ0) is 17.1. The number of likely N-dealkylation sites (tertiary alicyclic amines) is 1. The van der Waals surface area contributed by atoms with Gasteiger partial charge >= 0.3 is 0 Å². The third-order valence-corrected chi connectivity index (χ3v) is 4.98. The molecule has 4 rings (SSSR count). The Kier molecular flexibility index (Phi) is 4.51. The van der Waals surface area contributed by atoms with E-state index >= 15 is 0 Å². The molecule has 1 aromatic heterocycles. The van der Waals surface area contributed by atoms with Gasteiger partial charge in [-0.05, 0) is 37.0 Å². The molecule has 1 fully saturated rings. The van der Waals surface area contributed by atoms with Gasteiger partial charge in [0.2, 0.25) is 5.91 Å². The summed E-state index contributed by atoms with van der Waals surface area (Å²) >= 11 is 0. The van der Waals surface area contributed by atoms with Crippen molar-refractivity contribution in [3.8, 4) is 0 Å². The molecule has 1 amide bonds. The van der Waals surface area contributed by atoms with Crippen LogP contribution in [0, 0.1) is 0 Å². The molecule has 3 aromatic rings. The molecular weight excluding hydrogens is 312 g/mol. The first-order valence-electron chi connectivity index (χ1n) is 8.97. The fourth-order valence-corrected chi connectivity index (χ4v) is 3.49. The summed E-state index contributed by atoms with van der Waals surface area (Å²) in [7, 11) is 0. The van der Waals surface area contributed by atoms with Crippen LogP contribution in [0.2, 0.25) is 0 Å². The predicted octanol–water partition coefficient (Wildman–Crippen LogP) is 4.17. The number of fused-ring (bicyclic) bond motifs is 1. The molecule has 25 heavy (non-hydrogen) atoms. The highest BCUT2D eigenvalue weighted by molar-refractivity contribution is 5.76. The van der Waals surface area contributed by atoms with Gasteiger partial charge in [-0.25, -0.2) is 4.98 Å². The average Bonchev–Trinajstić information content (AvgIpc) is 3.11. The fraction of sp³-hybridized carbons (Fsp3) is 0.333. The van der Waals surface area contributed by atoms with E-state index in [1.165, 1.54) is 5.56 Å². The van der Waals surface area contributed by atoms with Gasteiger partial charge in [0, 0.05) is 25.4 Å². The van der Waals surface area contributed by atoms with Gasteiger partial charge in [0.25, 0.3) is 0 Å². The van der Waals surface area contributed by atoms with Gasteiger partial charge in [-0.15, -0.1) is 0 Å². The molecule has 0 saturated carbocycles. The molecule has 4 heteroatoms. The van der Waals surface area contributed by atoms with Crippen LogP contribution in [0.1, 0.15) is 36.6 Å². The zero-order valence-corrected chi connectivity index (χ0v) is 14.2. The molecule has 1 saturated heterocycles. The van der Waals surface area contributed by atoms with Gasteiger partial charge in [0.15, 0.2) is 11.5 Å². The van der Waals surface area contributed by atoms with Crippen molar-refractivity contribution in [1.29, 1.82) is 0 Å². The molecule has 4 nitrogen and oxygen atoms in total. The largest absolute Gasteiger partial charge is 0.440 e. The lowest BCUT2D eigenvalue weighted by atomic mass is 9.96. The lowest BCUT2D eigenvalue weighted by Crippen LogP contribution is -2.38. The van der Waals surface area contributed by atoms with Crippen LogP contribution < -0.4 is 0 Å². The molecule has 1 aliphatic heterocycles. The summed E-state index contributed by atoms with van der Waals surface area (Å²) in [5.41, 5.74) is 2.98. The zero-order valence-electron chi connectivity index (χ0n) is 14.2. The number of aromatic nitrogens is 1. The monoisotopic (exact) mass is 334 g/mol. The van der Waals surface area contributed by atoms with Crippen molar-refractivity contribution >= 4 is 17.0 Å². The minimum Gasteiger partial charge on any atom is -0.440 e. The van der Waals surface area contributed by atoms with Gasteiger partial charge in [0.1, 0.15) is 5.52 Å². The molecule has 0 N–H and O–H groups in total. The smallest absolute Gasteiger partial charge is 0.222 e. The van der Waals surface area contributed by atoms with Gasteiger partial charge in [-0.1, -0.05) is 42.5 Å². The van der Waals surface area contributed by atoms with Crippen LogP contribution in [0.15, 0.2) is 59.0 Å². The van der Waals surface area contributed by atoms with Gasteiger partial charge < -0.3 is 9.32 Å². The lowest BCUT2D eigenvalue weighted by Gasteiger charge is -2.30. The quantitative estimate of drug-likeness (QED) is 0.719. The van der Waals surface area contributed by atoms with Gasteiger partial charge in [-0.2, -0.15) is 0 Å². The third kappa shape index (κ3) is 3.58. The van der Waals surface area contributed by atoms with Gasteiger partial charge in [-0.3, -0.25) is 4.79 Å². The summed E-state index contributed by atoms with van der Waals surface area (Å²) in [6.45, 7) is 1.58. The molecule has 2 heterocycles. The molecule has 0 spiro atoms. The Bertz CT molecular complexity index is 815. The summed E-state index contributed by atoms with van der Waals surface area (Å²) in [6, 6.07) is 18.1. The number of para-hydroxylation sites is 2. The molecule has 0 atom stereocenters. The van der Waals surface area contributed by atoms with E-state index < -0.39 is 0 Å². The second-order valence-corrected chi connectivity index (χ2v) is 6.66. The maximum atomic E-state index is 12.4. The number of hydrogen-bond donors (Lipinski definition) is 0. The molecule has 128 valence electrons. The van der Waals surface area contributed by atoms with Crippen LogP contribution in [0.5, 0.6) is 0 Å². The van der Waals surface area contributed by atoms with Crippen LogP contribution in [0.3, 0.4) is 0 Å². The fourth-order valence-electron chi connectivity index (χ4n) is 3.49. The summed E-state index contributed by atoms with van der Waals surface area (Å²) in [6.07, 6.45) is 3.23. The molecule has 2 aromatic carbocycles. The average molecular weight is 334 g/mol. The lowest BCUT2D eigenvalue weighted by molar-refractivity contribution is -0.132. The van der Waals surface area contributed by atoms with Crippen LogP contribution in [0.4, 0.5) is 0 Å². The minimum atomic E-state index is 0.250. The third-order valence-electron chi connectivity index (χ3n) is 4.98. The van der Waals surface area contributed by atoms with E-state index in [9.17, 15) is 4.79 Å². The topological polar surface area (TPSA) is 46.3 Å². The summed E-state index contributed by atoms with van der Waals surface area (Å²) in [4.78, 5) is 19.0. The van der Waals surface area contributed by atoms with E-state index in [4.69, 9.17) is 4.42 Å². The summed E-state index contributed by atoms with van der Waals surface area (Å²) in [5.74, 6) is 1.38. The SMILES string of the molecule is O=C(CCc1ccccc1)N1CCC(c2nc3ccccc3o2)CC1. The van der Waals surface area contributed by atoms with Crippen LogP contribution in [0.25, 0.3) is 11.1 Å².